The third kappa shape index (κ3) is 10.0. The van der Waals surface area contributed by atoms with Gasteiger partial charge in [0.2, 0.25) is 0 Å². The Morgan fingerprint density at radius 1 is 1.10 bits per heavy atom. The van der Waals surface area contributed by atoms with E-state index in [-0.39, 0.29) is 0 Å². The maximum absolute atomic E-state index is 5.44. The zero-order valence-electron chi connectivity index (χ0n) is 12.8. The Kier molecular flexibility index (Phi) is 10.9. The average Bonchev–Trinajstić information content (AvgIpc) is 2.46. The smallest absolute Gasteiger partial charge is 0.138 e. The molecule has 0 atom stereocenters. The van der Waals surface area contributed by atoms with Gasteiger partial charge >= 0.3 is 0 Å². The van der Waals surface area contributed by atoms with E-state index in [4.69, 9.17) is 10.5 Å². The molecule has 0 aliphatic rings. The molecule has 0 aromatic rings. The van der Waals surface area contributed by atoms with Crippen molar-refractivity contribution < 1.29 is 4.74 Å². The molecule has 0 spiro atoms. The van der Waals surface area contributed by atoms with Crippen molar-refractivity contribution in [3.05, 3.63) is 48.2 Å². The number of ether oxygens (including phenoxy) is 1. The summed E-state index contributed by atoms with van der Waals surface area (Å²) in [6.07, 6.45) is 13.0. The van der Waals surface area contributed by atoms with Crippen LogP contribution in [0.15, 0.2) is 58.2 Å². The molecule has 0 aliphatic carbocycles. The van der Waals surface area contributed by atoms with Gasteiger partial charge in [-0.1, -0.05) is 18.2 Å². The predicted octanol–water partition coefficient (Wildman–Crippen LogP) is 3.04. The molecule has 0 bridgehead atoms. The van der Waals surface area contributed by atoms with Gasteiger partial charge < -0.3 is 10.5 Å². The fourth-order valence-electron chi connectivity index (χ4n) is 1.18. The van der Waals surface area contributed by atoms with E-state index in [2.05, 4.69) is 9.98 Å². The number of rotatable bonds is 8. The lowest BCUT2D eigenvalue weighted by Gasteiger charge is -2.01. The topological polar surface area (TPSA) is 60.0 Å². The minimum Gasteiger partial charge on any atom is -0.405 e. The summed E-state index contributed by atoms with van der Waals surface area (Å²) in [5, 5.41) is 0. The summed E-state index contributed by atoms with van der Waals surface area (Å²) in [5.41, 5.74) is 8.26. The Balaban J connectivity index is 4.09. The zero-order valence-corrected chi connectivity index (χ0v) is 12.8. The molecule has 0 rings (SSSR count). The quantitative estimate of drug-likeness (QED) is 0.420. The summed E-state index contributed by atoms with van der Waals surface area (Å²) in [7, 11) is 1.77. The molecule has 0 unspecified atom stereocenters. The largest absolute Gasteiger partial charge is 0.405 e. The first kappa shape index (κ1) is 18.1. The fourth-order valence-corrected chi connectivity index (χ4v) is 1.18. The molecule has 0 aromatic carbocycles. The van der Waals surface area contributed by atoms with E-state index in [1.807, 2.05) is 57.2 Å². The molecular formula is C16H25N3O. The summed E-state index contributed by atoms with van der Waals surface area (Å²) in [6.45, 7) is 6.68. The Morgan fingerprint density at radius 2 is 1.75 bits per heavy atom. The number of aliphatic imine (C=N–C) groups is 2. The van der Waals surface area contributed by atoms with Gasteiger partial charge in [0.15, 0.2) is 0 Å². The van der Waals surface area contributed by atoms with E-state index in [1.165, 1.54) is 6.20 Å². The summed E-state index contributed by atoms with van der Waals surface area (Å²) in [6, 6.07) is 0. The van der Waals surface area contributed by atoms with E-state index >= 15 is 0 Å². The summed E-state index contributed by atoms with van der Waals surface area (Å²) >= 11 is 0. The van der Waals surface area contributed by atoms with Crippen LogP contribution in [0.5, 0.6) is 0 Å². The van der Waals surface area contributed by atoms with Crippen LogP contribution in [0.2, 0.25) is 0 Å². The van der Waals surface area contributed by atoms with Crippen LogP contribution in [-0.4, -0.2) is 31.8 Å². The summed E-state index contributed by atoms with van der Waals surface area (Å²) in [5.74, 6) is 0. The van der Waals surface area contributed by atoms with Gasteiger partial charge in [-0.15, -0.1) is 0 Å². The molecule has 0 aliphatic heterocycles. The first-order valence-corrected chi connectivity index (χ1v) is 6.54. The number of allylic oxidation sites excluding steroid dienone is 5. The number of hydrogen-bond donors (Lipinski definition) is 1. The lowest BCUT2D eigenvalue weighted by Crippen LogP contribution is -1.99. The number of hydrogen-bond acceptors (Lipinski definition) is 4. The van der Waals surface area contributed by atoms with Crippen molar-refractivity contribution in [1.29, 1.82) is 0 Å². The molecule has 4 heteroatoms. The van der Waals surface area contributed by atoms with E-state index < -0.39 is 0 Å². The summed E-state index contributed by atoms with van der Waals surface area (Å²) in [4.78, 5) is 8.32. The second-order valence-corrected chi connectivity index (χ2v) is 4.08. The molecule has 0 heterocycles. The summed E-state index contributed by atoms with van der Waals surface area (Å²) < 4.78 is 5.44. The fraction of sp³-hybridized carbons (Fsp3) is 0.375. The van der Waals surface area contributed by atoms with E-state index in [1.54, 1.807) is 7.05 Å². The lowest BCUT2D eigenvalue weighted by molar-refractivity contribution is 0.167. The molecule has 20 heavy (non-hydrogen) atoms. The standard InChI is InChI=1S/C16H25N3O/c1-5-16(10-11-17)12-20-13-19-15(3)9-7-6-8-14(2)18-4/h5-11H,12-13,17H2,1-4H3/b8-6-,9-7-,11-10-,16-5+,18-14?,19-15+. The predicted molar refractivity (Wildman–Crippen MR) is 88.3 cm³/mol. The van der Waals surface area contributed by atoms with Gasteiger partial charge in [-0.25, -0.2) is 0 Å². The van der Waals surface area contributed by atoms with Gasteiger partial charge in [0, 0.05) is 18.5 Å². The van der Waals surface area contributed by atoms with Crippen LogP contribution < -0.4 is 5.73 Å². The zero-order chi connectivity index (χ0) is 15.2. The maximum atomic E-state index is 5.44. The van der Waals surface area contributed by atoms with Crippen molar-refractivity contribution in [2.24, 2.45) is 15.7 Å². The Hall–Kier alpha value is -1.94. The Labute approximate surface area is 122 Å². The van der Waals surface area contributed by atoms with Crippen LogP contribution in [0.3, 0.4) is 0 Å². The monoisotopic (exact) mass is 275 g/mol. The second kappa shape index (κ2) is 12.1. The Morgan fingerprint density at radius 3 is 2.30 bits per heavy atom. The van der Waals surface area contributed by atoms with Crippen LogP contribution >= 0.6 is 0 Å². The highest BCUT2D eigenvalue weighted by Gasteiger charge is 1.90. The van der Waals surface area contributed by atoms with Gasteiger partial charge in [0.1, 0.15) is 6.73 Å². The highest BCUT2D eigenvalue weighted by molar-refractivity contribution is 5.94. The molecule has 0 saturated heterocycles. The van der Waals surface area contributed by atoms with Gasteiger partial charge in [-0.05, 0) is 50.8 Å². The minimum absolute atomic E-state index is 0.338. The van der Waals surface area contributed by atoms with Gasteiger partial charge in [0.05, 0.1) is 6.61 Å². The van der Waals surface area contributed by atoms with Gasteiger partial charge in [-0.2, -0.15) is 0 Å². The minimum atomic E-state index is 0.338. The molecule has 0 fully saturated rings. The van der Waals surface area contributed by atoms with Crippen molar-refractivity contribution in [2.75, 3.05) is 20.4 Å². The average molecular weight is 275 g/mol. The van der Waals surface area contributed by atoms with Crippen LogP contribution in [0.4, 0.5) is 0 Å². The van der Waals surface area contributed by atoms with Crippen molar-refractivity contribution in [3.8, 4) is 0 Å². The molecule has 4 nitrogen and oxygen atoms in total. The second-order valence-electron chi connectivity index (χ2n) is 4.08. The molecule has 0 amide bonds. The first-order chi connectivity index (χ1) is 9.63. The molecule has 2 N–H and O–H groups in total. The van der Waals surface area contributed by atoms with Crippen molar-refractivity contribution >= 4 is 11.4 Å². The van der Waals surface area contributed by atoms with E-state index in [0.717, 1.165) is 17.0 Å². The van der Waals surface area contributed by atoms with Crippen molar-refractivity contribution in [3.63, 3.8) is 0 Å². The molecule has 110 valence electrons. The van der Waals surface area contributed by atoms with Crippen molar-refractivity contribution in [1.82, 2.24) is 0 Å². The lowest BCUT2D eigenvalue weighted by atomic mass is 10.3. The van der Waals surface area contributed by atoms with Crippen molar-refractivity contribution in [2.45, 2.75) is 20.8 Å². The highest BCUT2D eigenvalue weighted by atomic mass is 16.5. The third-order valence-electron chi connectivity index (χ3n) is 2.49. The van der Waals surface area contributed by atoms with Crippen LogP contribution in [0, 0.1) is 0 Å². The van der Waals surface area contributed by atoms with E-state index in [9.17, 15) is 0 Å². The third-order valence-corrected chi connectivity index (χ3v) is 2.49. The molecule has 0 aromatic heterocycles. The number of nitrogens with two attached hydrogens (primary N) is 1. The highest BCUT2D eigenvalue weighted by Crippen LogP contribution is 1.97. The van der Waals surface area contributed by atoms with E-state index in [0.29, 0.717) is 13.3 Å². The van der Waals surface area contributed by atoms with Gasteiger partial charge in [-0.3, -0.25) is 9.98 Å². The van der Waals surface area contributed by atoms with Crippen LogP contribution in [0.25, 0.3) is 0 Å². The first-order valence-electron chi connectivity index (χ1n) is 6.54. The molecular weight excluding hydrogens is 250 g/mol. The SMILES string of the molecule is C/C=C(\C=C/N)COC/N=C(C)/C=C\C=C/C(C)=NC. The van der Waals surface area contributed by atoms with Crippen LogP contribution in [0.1, 0.15) is 20.8 Å². The number of nitrogens with zero attached hydrogens (tertiary/aromatic N) is 2. The van der Waals surface area contributed by atoms with Crippen LogP contribution in [-0.2, 0) is 4.74 Å². The Bertz CT molecular complexity index is 441. The molecule has 0 radical (unpaired) electrons. The van der Waals surface area contributed by atoms with Gasteiger partial charge in [0.25, 0.3) is 0 Å². The normalized spacial score (nSPS) is 15.1. The maximum Gasteiger partial charge on any atom is 0.138 e. The molecule has 0 saturated carbocycles.